The first kappa shape index (κ1) is 38.3. The summed E-state index contributed by atoms with van der Waals surface area (Å²) in [5.74, 6) is -2.38. The van der Waals surface area contributed by atoms with Crippen molar-refractivity contribution in [1.82, 2.24) is 10.2 Å². The Kier molecular flexibility index (Phi) is 13.5. The van der Waals surface area contributed by atoms with E-state index in [-0.39, 0.29) is 37.3 Å². The van der Waals surface area contributed by atoms with Crippen molar-refractivity contribution in [2.24, 2.45) is 17.8 Å². The third-order valence-corrected chi connectivity index (χ3v) is 10.2. The quantitative estimate of drug-likeness (QED) is 0.260. The van der Waals surface area contributed by atoms with Crippen molar-refractivity contribution in [2.45, 2.75) is 147 Å². The van der Waals surface area contributed by atoms with Crippen molar-refractivity contribution in [3.8, 4) is 0 Å². The van der Waals surface area contributed by atoms with Crippen molar-refractivity contribution in [3.05, 3.63) is 12.2 Å². The van der Waals surface area contributed by atoms with Gasteiger partial charge in [-0.2, -0.15) is 0 Å². The lowest BCUT2D eigenvalue weighted by molar-refractivity contribution is -0.302. The van der Waals surface area contributed by atoms with Crippen LogP contribution in [-0.2, 0) is 28.5 Å². The fourth-order valence-electron chi connectivity index (χ4n) is 7.42. The van der Waals surface area contributed by atoms with E-state index in [9.17, 15) is 20.1 Å². The number of hydrogen-bond donors (Lipinski definition) is 4. The smallest absolute Gasteiger partial charge is 0.311 e. The zero-order chi connectivity index (χ0) is 33.9. The average Bonchev–Trinajstić information content (AvgIpc) is 2.96. The minimum Gasteiger partial charge on any atom is -0.459 e. The van der Waals surface area contributed by atoms with E-state index in [1.165, 1.54) is 0 Å². The molecule has 45 heavy (non-hydrogen) atoms. The Morgan fingerprint density at radius 1 is 1.09 bits per heavy atom. The molecule has 4 heterocycles. The second kappa shape index (κ2) is 15.8. The van der Waals surface area contributed by atoms with E-state index in [0.29, 0.717) is 37.8 Å². The molecule has 2 bridgehead atoms. The molecule has 4 aliphatic rings. The molecule has 0 aromatic carbocycles. The first-order valence-electron chi connectivity index (χ1n) is 16.8. The topological polar surface area (TPSA) is 139 Å². The maximum Gasteiger partial charge on any atom is 0.311 e. The summed E-state index contributed by atoms with van der Waals surface area (Å²) in [5, 5.41) is 38.8. The molecule has 0 unspecified atom stereocenters. The van der Waals surface area contributed by atoms with Crippen molar-refractivity contribution in [2.75, 3.05) is 33.9 Å². The van der Waals surface area contributed by atoms with Crippen molar-refractivity contribution >= 4 is 5.97 Å². The van der Waals surface area contributed by atoms with Gasteiger partial charge in [0.15, 0.2) is 6.29 Å². The Morgan fingerprint density at radius 2 is 1.76 bits per heavy atom. The summed E-state index contributed by atoms with van der Waals surface area (Å²) < 4.78 is 32.0. The average molecular weight is 643 g/mol. The molecule has 4 fully saturated rings. The molecule has 0 radical (unpaired) electrons. The summed E-state index contributed by atoms with van der Waals surface area (Å²) in [4.78, 5) is 15.6. The number of carbonyl (C=O) groups is 1. The number of likely N-dealkylation sites (N-methyl/N-ethyl adjacent to an activating group) is 1. The Bertz CT molecular complexity index is 979. The van der Waals surface area contributed by atoms with Gasteiger partial charge in [-0.15, -0.1) is 0 Å². The maximum absolute atomic E-state index is 13.7. The largest absolute Gasteiger partial charge is 0.459 e. The van der Waals surface area contributed by atoms with Gasteiger partial charge >= 0.3 is 5.97 Å². The molecule has 14 atom stereocenters. The van der Waals surface area contributed by atoms with Crippen LogP contribution in [0.4, 0.5) is 0 Å². The molecule has 0 aliphatic carbocycles. The highest BCUT2D eigenvalue weighted by atomic mass is 16.7. The van der Waals surface area contributed by atoms with Crippen LogP contribution in [0, 0.1) is 17.8 Å². The maximum atomic E-state index is 13.7. The van der Waals surface area contributed by atoms with Crippen LogP contribution in [-0.4, -0.2) is 126 Å². The minimum absolute atomic E-state index is 0.0799. The molecule has 4 N–H and O–H groups in total. The van der Waals surface area contributed by atoms with Crippen molar-refractivity contribution < 1.29 is 43.8 Å². The van der Waals surface area contributed by atoms with E-state index in [1.807, 2.05) is 53.6 Å². The fourth-order valence-corrected chi connectivity index (χ4v) is 7.42. The van der Waals surface area contributed by atoms with Gasteiger partial charge in [-0.1, -0.05) is 33.8 Å². The number of nitrogens with one attached hydrogen (secondary N) is 1. The second-order valence-corrected chi connectivity index (χ2v) is 14.8. The van der Waals surface area contributed by atoms with Gasteiger partial charge in [-0.25, -0.2) is 0 Å². The monoisotopic (exact) mass is 642 g/mol. The van der Waals surface area contributed by atoms with Gasteiger partial charge < -0.3 is 49.2 Å². The number of fused-ring (bicyclic) bond motifs is 15. The molecule has 0 saturated carbocycles. The van der Waals surface area contributed by atoms with Crippen LogP contribution in [0.15, 0.2) is 12.2 Å². The van der Waals surface area contributed by atoms with E-state index in [1.54, 1.807) is 13.8 Å². The third kappa shape index (κ3) is 9.06. The normalized spacial score (nSPS) is 46.4. The fraction of sp³-hybridized carbons (Fsp3) is 0.912. The molecule has 0 aromatic heterocycles. The number of esters is 1. The molecular weight excluding hydrogens is 580 g/mol. The summed E-state index contributed by atoms with van der Waals surface area (Å²) in [5.41, 5.74) is -1.87. The number of nitrogens with zero attached hydrogens (tertiary/aromatic N) is 1. The predicted octanol–water partition coefficient (Wildman–Crippen LogP) is 2.64. The Labute approximate surface area is 270 Å². The molecular formula is C34H62N2O9. The first-order chi connectivity index (χ1) is 20.9. The Morgan fingerprint density at radius 3 is 2.38 bits per heavy atom. The predicted molar refractivity (Wildman–Crippen MR) is 172 cm³/mol. The zero-order valence-corrected chi connectivity index (χ0v) is 29.3. The molecule has 262 valence electrons. The third-order valence-electron chi connectivity index (χ3n) is 10.2. The van der Waals surface area contributed by atoms with E-state index in [2.05, 4.69) is 18.8 Å². The summed E-state index contributed by atoms with van der Waals surface area (Å²) in [6.07, 6.45) is -3.49. The molecule has 4 saturated heterocycles. The van der Waals surface area contributed by atoms with Crippen LogP contribution in [0.5, 0.6) is 0 Å². The molecule has 11 heteroatoms. The lowest BCUT2D eigenvalue weighted by atomic mass is 9.78. The number of hydrogen-bond acceptors (Lipinski definition) is 11. The van der Waals surface area contributed by atoms with Crippen LogP contribution in [0.2, 0.25) is 0 Å². The standard InChI is InChI=1S/C34H62N2O9/c1-12-13-26-34(9,40)29-20(3)16-35-21(4)15-33(8,42-18-19(2)17-41-29)30(23(6)27(37)24(7)31(39)44-26)45-32-28(38)25(36(10)11)14-22(5)43-32/h20-30,32,35,37-38,40H,2,12-18H2,1,3-11H3/t20-,21+,22+,23-,24+,25-,26+,27-,28+,29+,30+,32-,33+,34+/m0/s1. The molecule has 4 rings (SSSR count). The molecule has 11 nitrogen and oxygen atoms in total. The highest BCUT2D eigenvalue weighted by Crippen LogP contribution is 2.38. The highest BCUT2D eigenvalue weighted by Gasteiger charge is 2.51. The highest BCUT2D eigenvalue weighted by molar-refractivity contribution is 5.73. The summed E-state index contributed by atoms with van der Waals surface area (Å²) >= 11 is 0. The summed E-state index contributed by atoms with van der Waals surface area (Å²) in [7, 11) is 3.83. The van der Waals surface area contributed by atoms with Crippen LogP contribution in [0.25, 0.3) is 0 Å². The first-order valence-corrected chi connectivity index (χ1v) is 16.8. The molecule has 0 aromatic rings. The number of carbonyl (C=O) groups excluding carboxylic acids is 1. The minimum atomic E-state index is -1.52. The second-order valence-electron chi connectivity index (χ2n) is 14.8. The SMILES string of the molecule is C=C1CO[C@@H]2[C@@H](C)CN[C@H](C)C[C@@](C)(OC1)[C@H](O[C@@H]1O[C@H](C)C[C@H](N(C)C)[C@H]1O)[C@@H](C)[C@H](O)[C@@H](C)C(=O)O[C@H](CCC)[C@@]2(C)O. The van der Waals surface area contributed by atoms with Gasteiger partial charge in [0.2, 0.25) is 0 Å². The summed E-state index contributed by atoms with van der Waals surface area (Å²) in [6.45, 7) is 20.1. The van der Waals surface area contributed by atoms with Gasteiger partial charge in [0.25, 0.3) is 0 Å². The van der Waals surface area contributed by atoms with E-state index >= 15 is 0 Å². The van der Waals surface area contributed by atoms with E-state index < -0.39 is 65.8 Å². The van der Waals surface area contributed by atoms with Crippen molar-refractivity contribution in [3.63, 3.8) is 0 Å². The van der Waals surface area contributed by atoms with Crippen LogP contribution >= 0.6 is 0 Å². The van der Waals surface area contributed by atoms with Crippen LogP contribution in [0.1, 0.15) is 81.1 Å². The molecule has 0 spiro atoms. The number of aliphatic hydroxyl groups excluding tert-OH is 2. The number of ether oxygens (including phenoxy) is 5. The van der Waals surface area contributed by atoms with Crippen LogP contribution < -0.4 is 5.32 Å². The van der Waals surface area contributed by atoms with E-state index in [4.69, 9.17) is 23.7 Å². The van der Waals surface area contributed by atoms with Crippen molar-refractivity contribution in [1.29, 1.82) is 0 Å². The van der Waals surface area contributed by atoms with Gasteiger partial charge in [0, 0.05) is 24.5 Å². The van der Waals surface area contributed by atoms with Gasteiger partial charge in [0.1, 0.15) is 17.8 Å². The molecule has 4 aliphatic heterocycles. The van der Waals surface area contributed by atoms with Gasteiger partial charge in [0.05, 0.1) is 49.1 Å². The molecule has 0 amide bonds. The summed E-state index contributed by atoms with van der Waals surface area (Å²) in [6, 6.07) is -0.279. The van der Waals surface area contributed by atoms with Gasteiger partial charge in [-0.3, -0.25) is 4.79 Å². The van der Waals surface area contributed by atoms with Crippen LogP contribution in [0.3, 0.4) is 0 Å². The number of rotatable bonds is 5. The lowest BCUT2D eigenvalue weighted by Crippen LogP contribution is -2.60. The van der Waals surface area contributed by atoms with Gasteiger partial charge in [-0.05, 0) is 79.5 Å². The zero-order valence-electron chi connectivity index (χ0n) is 29.3. The van der Waals surface area contributed by atoms with E-state index in [0.717, 1.165) is 0 Å². The lowest BCUT2D eigenvalue weighted by Gasteiger charge is -2.48. The number of aliphatic hydroxyl groups is 3. The Balaban J connectivity index is 2.15. The Hall–Kier alpha value is -1.15.